The molecule has 12 heteroatoms. The first-order valence-electron chi connectivity index (χ1n) is 14.8. The summed E-state index contributed by atoms with van der Waals surface area (Å²) < 4.78 is 10.6. The molecular weight excluding hydrogens is 594 g/mol. The predicted molar refractivity (Wildman–Crippen MR) is 159 cm³/mol. The molecule has 1 heterocycles. The average Bonchev–Trinajstić information content (AvgIpc) is 3.86. The van der Waals surface area contributed by atoms with Crippen molar-refractivity contribution in [1.29, 1.82) is 0 Å². The van der Waals surface area contributed by atoms with Crippen molar-refractivity contribution < 1.29 is 38.4 Å². The summed E-state index contributed by atoms with van der Waals surface area (Å²) in [6, 6.07) is 16.8. The Morgan fingerprint density at radius 3 is 2.04 bits per heavy atom. The van der Waals surface area contributed by atoms with Gasteiger partial charge in [-0.2, -0.15) is 5.01 Å². The van der Waals surface area contributed by atoms with Gasteiger partial charge in [0, 0.05) is 23.3 Å². The van der Waals surface area contributed by atoms with E-state index in [4.69, 9.17) is 9.47 Å². The summed E-state index contributed by atoms with van der Waals surface area (Å²) >= 11 is 0. The number of carbonyl (C=O) groups is 5. The zero-order chi connectivity index (χ0) is 32.3. The minimum Gasteiger partial charge on any atom is -0.497 e. The highest BCUT2D eigenvalue weighted by atomic mass is 16.6. The number of ether oxygens (including phenoxy) is 2. The van der Waals surface area contributed by atoms with Crippen molar-refractivity contribution in [3.05, 3.63) is 112 Å². The van der Waals surface area contributed by atoms with E-state index in [1.165, 1.54) is 49.6 Å². The van der Waals surface area contributed by atoms with Crippen LogP contribution in [0, 0.1) is 45.6 Å². The normalized spacial score (nSPS) is 25.0. The Hall–Kier alpha value is -5.65. The standard InChI is InChI=1S/C34H27N3O9/c1-45-23-4-2-3-20(15-23)34(42)46-22-11-7-18(8-12-22)28(38)17-35(31(39)19-5-9-21(10-6-19)37(43)44)36-32(40)29-24-13-14-25(27-16-26(24)27)30(29)33(36)41/h2-15,24-27,29-30H,16-17H2,1H3/t24-,25-,26-,27+,29+,30+/m0/s1. The number of nitro groups is 1. The largest absolute Gasteiger partial charge is 0.497 e. The van der Waals surface area contributed by atoms with Gasteiger partial charge in [0.2, 0.25) is 0 Å². The molecule has 0 aromatic heterocycles. The number of allylic oxidation sites excluding steroid dienone is 2. The van der Waals surface area contributed by atoms with Crippen LogP contribution in [-0.2, 0) is 9.59 Å². The van der Waals surface area contributed by atoms with Gasteiger partial charge in [0.05, 0.1) is 29.4 Å². The maximum Gasteiger partial charge on any atom is 0.343 e. The van der Waals surface area contributed by atoms with E-state index in [9.17, 15) is 34.1 Å². The quantitative estimate of drug-likeness (QED) is 0.0653. The number of hydrogen-bond donors (Lipinski definition) is 0. The monoisotopic (exact) mass is 621 g/mol. The minimum atomic E-state index is -0.821. The van der Waals surface area contributed by atoms with E-state index in [0.29, 0.717) is 17.6 Å². The molecule has 0 unspecified atom stereocenters. The van der Waals surface area contributed by atoms with Gasteiger partial charge in [0.1, 0.15) is 18.0 Å². The highest BCUT2D eigenvalue weighted by molar-refractivity contribution is 6.10. The van der Waals surface area contributed by atoms with Gasteiger partial charge in [0.25, 0.3) is 23.4 Å². The summed E-state index contributed by atoms with van der Waals surface area (Å²) in [6.45, 7) is -0.648. The Balaban J connectivity index is 1.14. The zero-order valence-electron chi connectivity index (χ0n) is 24.5. The molecule has 3 aromatic rings. The van der Waals surface area contributed by atoms with Crippen LogP contribution in [0.3, 0.4) is 0 Å². The first-order valence-corrected chi connectivity index (χ1v) is 14.8. The number of hydrogen-bond acceptors (Lipinski definition) is 9. The van der Waals surface area contributed by atoms with Crippen molar-refractivity contribution in [2.24, 2.45) is 35.5 Å². The van der Waals surface area contributed by atoms with Gasteiger partial charge in [0.15, 0.2) is 5.78 Å². The second kappa shape index (κ2) is 11.1. The second-order valence-corrected chi connectivity index (χ2v) is 11.9. The molecule has 3 amide bonds. The molecule has 2 saturated carbocycles. The van der Waals surface area contributed by atoms with E-state index in [1.54, 1.807) is 18.2 Å². The van der Waals surface area contributed by atoms with Crippen molar-refractivity contribution in [3.8, 4) is 11.5 Å². The molecule has 2 bridgehead atoms. The van der Waals surface area contributed by atoms with Crippen LogP contribution in [0.25, 0.3) is 0 Å². The Morgan fingerprint density at radius 1 is 0.848 bits per heavy atom. The van der Waals surface area contributed by atoms with Crippen molar-refractivity contribution in [1.82, 2.24) is 10.0 Å². The Kier molecular flexibility index (Phi) is 6.99. The van der Waals surface area contributed by atoms with Gasteiger partial charge in [-0.15, -0.1) is 0 Å². The highest BCUT2D eigenvalue weighted by Gasteiger charge is 2.68. The summed E-state index contributed by atoms with van der Waals surface area (Å²) in [6.07, 6.45) is 4.97. The number of Topliss-reactive ketones (excluding diaryl/α,β-unsaturated/α-hetero) is 1. The SMILES string of the molecule is COc1cccc(C(=O)Oc2ccc(C(=O)CN(C(=O)c3ccc([N+](=O)[O-])cc3)N3C(=O)[C@@H]4[C@H]5C=C[C@@H]([C@@H]6C[C@H]56)[C@H]4C3=O)cc2)c1. The molecule has 0 radical (unpaired) electrons. The Morgan fingerprint density at radius 2 is 1.46 bits per heavy atom. The van der Waals surface area contributed by atoms with Crippen LogP contribution >= 0.6 is 0 Å². The lowest BCUT2D eigenvalue weighted by atomic mass is 9.63. The second-order valence-electron chi connectivity index (χ2n) is 11.9. The molecule has 1 saturated heterocycles. The van der Waals surface area contributed by atoms with E-state index in [-0.39, 0.29) is 40.0 Å². The topological polar surface area (TPSA) is 153 Å². The number of non-ortho nitro benzene ring substituents is 1. The number of amides is 3. The molecule has 3 fully saturated rings. The van der Waals surface area contributed by atoms with Crippen molar-refractivity contribution >= 4 is 35.2 Å². The molecule has 4 aliphatic carbocycles. The molecule has 3 aromatic carbocycles. The van der Waals surface area contributed by atoms with Crippen molar-refractivity contribution in [2.75, 3.05) is 13.7 Å². The molecule has 8 rings (SSSR count). The molecular formula is C34H27N3O9. The summed E-state index contributed by atoms with van der Waals surface area (Å²) in [5, 5.41) is 12.8. The molecule has 0 spiro atoms. The van der Waals surface area contributed by atoms with Crippen LogP contribution in [0.1, 0.15) is 37.5 Å². The first kappa shape index (κ1) is 29.1. The fraction of sp³-hybridized carbons (Fsp3) is 0.265. The number of nitrogens with zero attached hydrogens (tertiary/aromatic N) is 3. The van der Waals surface area contributed by atoms with E-state index in [2.05, 4.69) is 0 Å². The van der Waals surface area contributed by atoms with Crippen LogP contribution in [0.4, 0.5) is 5.69 Å². The molecule has 6 atom stereocenters. The molecule has 46 heavy (non-hydrogen) atoms. The summed E-state index contributed by atoms with van der Waals surface area (Å²) in [5.41, 5.74) is 0.133. The summed E-state index contributed by atoms with van der Waals surface area (Å²) in [7, 11) is 1.48. The Labute approximate surface area is 262 Å². The highest BCUT2D eigenvalue weighted by Crippen LogP contribution is 2.65. The lowest BCUT2D eigenvalue weighted by Gasteiger charge is -2.37. The van der Waals surface area contributed by atoms with E-state index < -0.39 is 52.8 Å². The fourth-order valence-electron chi connectivity index (χ4n) is 7.14. The zero-order valence-corrected chi connectivity index (χ0v) is 24.5. The van der Waals surface area contributed by atoms with E-state index in [1.807, 2.05) is 12.2 Å². The van der Waals surface area contributed by atoms with E-state index >= 15 is 0 Å². The third-order valence-corrected chi connectivity index (χ3v) is 9.43. The van der Waals surface area contributed by atoms with Crippen LogP contribution < -0.4 is 9.47 Å². The molecule has 5 aliphatic rings. The average molecular weight is 622 g/mol. The van der Waals surface area contributed by atoms with Gasteiger partial charge in [-0.25, -0.2) is 9.80 Å². The van der Waals surface area contributed by atoms with Crippen LogP contribution in [-0.4, -0.2) is 58.1 Å². The third-order valence-electron chi connectivity index (χ3n) is 9.43. The number of imide groups is 1. The maximum absolute atomic E-state index is 13.9. The van der Waals surface area contributed by atoms with Crippen molar-refractivity contribution in [3.63, 3.8) is 0 Å². The van der Waals surface area contributed by atoms with Gasteiger partial charge in [-0.3, -0.25) is 29.3 Å². The number of benzene rings is 3. The first-order chi connectivity index (χ1) is 22.2. The van der Waals surface area contributed by atoms with Gasteiger partial charge in [-0.05, 0) is 84.7 Å². The van der Waals surface area contributed by atoms with E-state index in [0.717, 1.165) is 28.6 Å². The van der Waals surface area contributed by atoms with Crippen molar-refractivity contribution in [2.45, 2.75) is 6.42 Å². The van der Waals surface area contributed by atoms with Gasteiger partial charge in [-0.1, -0.05) is 18.2 Å². The molecule has 12 nitrogen and oxygen atoms in total. The summed E-state index contributed by atoms with van der Waals surface area (Å²) in [5.74, 6) is -3.16. The van der Waals surface area contributed by atoms with Crippen LogP contribution in [0.2, 0.25) is 0 Å². The number of carbonyl (C=O) groups excluding carboxylic acids is 5. The lowest BCUT2D eigenvalue weighted by Crippen LogP contribution is -2.52. The number of nitro benzene ring substituents is 1. The molecule has 0 N–H and O–H groups in total. The lowest BCUT2D eigenvalue weighted by molar-refractivity contribution is -0.384. The predicted octanol–water partition coefficient (Wildman–Crippen LogP) is 4.12. The van der Waals surface area contributed by atoms with Gasteiger partial charge < -0.3 is 9.47 Å². The molecule has 232 valence electrons. The number of ketones is 1. The minimum absolute atomic E-state index is 0.0300. The fourth-order valence-corrected chi connectivity index (χ4v) is 7.14. The summed E-state index contributed by atoms with van der Waals surface area (Å²) in [4.78, 5) is 78.3. The van der Waals surface area contributed by atoms with Crippen LogP contribution in [0.15, 0.2) is 84.9 Å². The number of hydrazine groups is 1. The number of methoxy groups -OCH3 is 1. The maximum atomic E-state index is 13.9. The number of rotatable bonds is 9. The molecule has 1 aliphatic heterocycles. The Bertz CT molecular complexity index is 1800. The number of esters is 1. The smallest absolute Gasteiger partial charge is 0.343 e. The van der Waals surface area contributed by atoms with Crippen LogP contribution in [0.5, 0.6) is 11.5 Å². The third kappa shape index (κ3) is 4.82. The van der Waals surface area contributed by atoms with Gasteiger partial charge >= 0.3 is 5.97 Å².